The zero-order valence-electron chi connectivity index (χ0n) is 6.26. The highest BCUT2D eigenvalue weighted by Gasteiger charge is 2.14. The molecular formula is C7H7ClN2S2. The fourth-order valence-electron chi connectivity index (χ4n) is 1.19. The van der Waals surface area contributed by atoms with Gasteiger partial charge in [0.25, 0.3) is 0 Å². The third-order valence-electron chi connectivity index (χ3n) is 1.77. The summed E-state index contributed by atoms with van der Waals surface area (Å²) in [6, 6.07) is 0. The zero-order valence-corrected chi connectivity index (χ0v) is 8.65. The summed E-state index contributed by atoms with van der Waals surface area (Å²) in [6.07, 6.45) is 0. The molecule has 1 N–H and O–H groups in total. The third-order valence-corrected chi connectivity index (χ3v) is 3.35. The smallest absolute Gasteiger partial charge is 0.134 e. The number of hydrogen-bond acceptors (Lipinski definition) is 3. The van der Waals surface area contributed by atoms with Crippen molar-refractivity contribution in [3.05, 3.63) is 21.7 Å². The third kappa shape index (κ3) is 1.39. The zero-order chi connectivity index (χ0) is 8.55. The number of fused-ring (bicyclic) bond motifs is 1. The minimum atomic E-state index is 0.404. The first kappa shape index (κ1) is 8.53. The maximum atomic E-state index is 5.65. The molecule has 2 nitrogen and oxygen atoms in total. The molecule has 0 aromatic carbocycles. The van der Waals surface area contributed by atoms with Crippen LogP contribution in [0.25, 0.3) is 0 Å². The van der Waals surface area contributed by atoms with Crippen LogP contribution in [-0.2, 0) is 17.4 Å². The van der Waals surface area contributed by atoms with Gasteiger partial charge >= 0.3 is 0 Å². The summed E-state index contributed by atoms with van der Waals surface area (Å²) in [5, 5.41) is 0. The lowest BCUT2D eigenvalue weighted by Crippen LogP contribution is -1.98. The number of halogens is 1. The fourth-order valence-corrected chi connectivity index (χ4v) is 2.78. The van der Waals surface area contributed by atoms with E-state index in [-0.39, 0.29) is 0 Å². The lowest BCUT2D eigenvalue weighted by atomic mass is 10.3. The standard InChI is InChI=1S/C7H7ClN2S2/c8-1-6-9-5-3-12-2-4(5)7(11)10-6/h1-3H2,(H,9,10,11). The van der Waals surface area contributed by atoms with Gasteiger partial charge in [0.05, 0.1) is 5.88 Å². The molecule has 12 heavy (non-hydrogen) atoms. The molecule has 1 aromatic rings. The SMILES string of the molecule is S=c1nc(CCl)[nH]c2c1CSC2. The van der Waals surface area contributed by atoms with Crippen molar-refractivity contribution in [3.8, 4) is 0 Å². The molecule has 2 rings (SSSR count). The Labute approximate surface area is 84.7 Å². The van der Waals surface area contributed by atoms with Crippen molar-refractivity contribution in [1.82, 2.24) is 9.97 Å². The van der Waals surface area contributed by atoms with Gasteiger partial charge in [-0.3, -0.25) is 0 Å². The number of thioether (sulfide) groups is 1. The minimum absolute atomic E-state index is 0.404. The molecule has 0 saturated carbocycles. The molecule has 1 aliphatic rings. The van der Waals surface area contributed by atoms with Crippen LogP contribution in [0.1, 0.15) is 17.1 Å². The monoisotopic (exact) mass is 218 g/mol. The first-order valence-corrected chi connectivity index (χ1v) is 5.65. The summed E-state index contributed by atoms with van der Waals surface area (Å²) < 4.78 is 0.712. The number of aromatic amines is 1. The van der Waals surface area contributed by atoms with Gasteiger partial charge in [0.15, 0.2) is 0 Å². The van der Waals surface area contributed by atoms with Crippen molar-refractivity contribution in [1.29, 1.82) is 0 Å². The molecule has 64 valence electrons. The number of nitrogens with one attached hydrogen (secondary N) is 1. The van der Waals surface area contributed by atoms with Gasteiger partial charge < -0.3 is 4.98 Å². The van der Waals surface area contributed by atoms with Gasteiger partial charge in [0.2, 0.25) is 0 Å². The van der Waals surface area contributed by atoms with Crippen LogP contribution >= 0.6 is 35.6 Å². The Morgan fingerprint density at radius 1 is 1.58 bits per heavy atom. The van der Waals surface area contributed by atoms with Crippen molar-refractivity contribution < 1.29 is 0 Å². The highest BCUT2D eigenvalue weighted by atomic mass is 35.5. The van der Waals surface area contributed by atoms with E-state index >= 15 is 0 Å². The van der Waals surface area contributed by atoms with E-state index in [4.69, 9.17) is 23.8 Å². The molecule has 0 amide bonds. The molecule has 0 atom stereocenters. The maximum absolute atomic E-state index is 5.65. The molecule has 0 spiro atoms. The molecule has 1 aromatic heterocycles. The summed E-state index contributed by atoms with van der Waals surface area (Å²) >= 11 is 12.6. The number of rotatable bonds is 1. The molecule has 0 radical (unpaired) electrons. The van der Waals surface area contributed by atoms with Crippen LogP contribution in [-0.4, -0.2) is 9.97 Å². The first-order valence-electron chi connectivity index (χ1n) is 3.56. The molecule has 1 aliphatic heterocycles. The van der Waals surface area contributed by atoms with Gasteiger partial charge in [-0.1, -0.05) is 12.2 Å². The summed E-state index contributed by atoms with van der Waals surface area (Å²) in [6.45, 7) is 0. The van der Waals surface area contributed by atoms with Crippen molar-refractivity contribution in [2.75, 3.05) is 0 Å². The van der Waals surface area contributed by atoms with Crippen LogP contribution in [0.15, 0.2) is 0 Å². The molecule has 0 fully saturated rings. The second kappa shape index (κ2) is 3.36. The van der Waals surface area contributed by atoms with E-state index in [2.05, 4.69) is 9.97 Å². The average molecular weight is 219 g/mol. The predicted octanol–water partition coefficient (Wildman–Crippen LogP) is 2.62. The quantitative estimate of drug-likeness (QED) is 0.581. The van der Waals surface area contributed by atoms with Crippen LogP contribution in [0, 0.1) is 4.64 Å². The van der Waals surface area contributed by atoms with E-state index in [1.165, 1.54) is 11.3 Å². The van der Waals surface area contributed by atoms with Crippen molar-refractivity contribution >= 4 is 35.6 Å². The molecule has 0 saturated heterocycles. The summed E-state index contributed by atoms with van der Waals surface area (Å²) in [5.74, 6) is 3.18. The van der Waals surface area contributed by atoms with Crippen molar-refractivity contribution in [2.24, 2.45) is 0 Å². The van der Waals surface area contributed by atoms with Gasteiger partial charge in [-0.2, -0.15) is 11.8 Å². The second-order valence-corrected chi connectivity index (χ2v) is 4.21. The Morgan fingerprint density at radius 3 is 3.17 bits per heavy atom. The van der Waals surface area contributed by atoms with Gasteiger partial charge in [0, 0.05) is 22.8 Å². The number of nitrogens with zero attached hydrogens (tertiary/aromatic N) is 1. The fraction of sp³-hybridized carbons (Fsp3) is 0.429. The van der Waals surface area contributed by atoms with Gasteiger partial charge in [-0.25, -0.2) is 4.98 Å². The second-order valence-electron chi connectivity index (χ2n) is 2.57. The summed E-state index contributed by atoms with van der Waals surface area (Å²) in [4.78, 5) is 7.36. The molecule has 0 unspecified atom stereocenters. The Bertz CT molecular complexity index is 361. The molecule has 0 bridgehead atoms. The van der Waals surface area contributed by atoms with E-state index in [9.17, 15) is 0 Å². The number of H-pyrrole nitrogens is 1. The first-order chi connectivity index (χ1) is 5.81. The largest absolute Gasteiger partial charge is 0.345 e. The Hall–Kier alpha value is -0.0600. The maximum Gasteiger partial charge on any atom is 0.134 e. The minimum Gasteiger partial charge on any atom is -0.345 e. The Balaban J connectivity index is 2.59. The van der Waals surface area contributed by atoms with E-state index < -0.39 is 0 Å². The van der Waals surface area contributed by atoms with Crippen LogP contribution in [0.5, 0.6) is 0 Å². The Kier molecular flexibility index (Phi) is 2.39. The van der Waals surface area contributed by atoms with Gasteiger partial charge in [-0.05, 0) is 0 Å². The van der Waals surface area contributed by atoms with Crippen LogP contribution in [0.2, 0.25) is 0 Å². The van der Waals surface area contributed by atoms with Crippen molar-refractivity contribution in [2.45, 2.75) is 17.4 Å². The summed E-state index contributed by atoms with van der Waals surface area (Å²) in [7, 11) is 0. The van der Waals surface area contributed by atoms with Crippen molar-refractivity contribution in [3.63, 3.8) is 0 Å². The normalized spacial score (nSPS) is 14.8. The topological polar surface area (TPSA) is 28.7 Å². The van der Waals surface area contributed by atoms with Crippen LogP contribution in [0.3, 0.4) is 0 Å². The molecular weight excluding hydrogens is 212 g/mol. The van der Waals surface area contributed by atoms with E-state index in [1.807, 2.05) is 11.8 Å². The average Bonchev–Trinajstić information content (AvgIpc) is 2.52. The molecule has 2 heterocycles. The molecule has 0 aliphatic carbocycles. The van der Waals surface area contributed by atoms with E-state index in [0.717, 1.165) is 17.3 Å². The predicted molar refractivity (Wildman–Crippen MR) is 54.0 cm³/mol. The highest BCUT2D eigenvalue weighted by molar-refractivity contribution is 7.98. The van der Waals surface area contributed by atoms with Gasteiger partial charge in [0.1, 0.15) is 10.5 Å². The highest BCUT2D eigenvalue weighted by Crippen LogP contribution is 2.28. The number of hydrogen-bond donors (Lipinski definition) is 1. The summed E-state index contributed by atoms with van der Waals surface area (Å²) in [5.41, 5.74) is 2.39. The Morgan fingerprint density at radius 2 is 2.42 bits per heavy atom. The lowest BCUT2D eigenvalue weighted by Gasteiger charge is -2.00. The van der Waals surface area contributed by atoms with E-state index in [0.29, 0.717) is 10.5 Å². The number of alkyl halides is 1. The van der Waals surface area contributed by atoms with Gasteiger partial charge in [-0.15, -0.1) is 11.6 Å². The van der Waals surface area contributed by atoms with Crippen LogP contribution < -0.4 is 0 Å². The molecule has 5 heteroatoms. The lowest BCUT2D eigenvalue weighted by molar-refractivity contribution is 0.960. The van der Waals surface area contributed by atoms with E-state index in [1.54, 1.807) is 0 Å². The van der Waals surface area contributed by atoms with Crippen LogP contribution in [0.4, 0.5) is 0 Å². The number of aromatic nitrogens is 2.